The van der Waals surface area contributed by atoms with E-state index in [2.05, 4.69) is 25.9 Å². The van der Waals surface area contributed by atoms with Gasteiger partial charge in [0.15, 0.2) is 5.82 Å². The third kappa shape index (κ3) is 4.92. The van der Waals surface area contributed by atoms with Gasteiger partial charge < -0.3 is 16.0 Å². The molecule has 1 heterocycles. The third-order valence-electron chi connectivity index (χ3n) is 4.60. The average Bonchev–Trinajstić information content (AvgIpc) is 2.78. The lowest BCUT2D eigenvalue weighted by molar-refractivity contribution is 0.252. The second-order valence-corrected chi connectivity index (χ2v) is 7.23. The van der Waals surface area contributed by atoms with Crippen LogP contribution < -0.4 is 16.0 Å². The van der Waals surface area contributed by atoms with Gasteiger partial charge in [-0.05, 0) is 36.4 Å². The van der Waals surface area contributed by atoms with Gasteiger partial charge in [-0.3, -0.25) is 0 Å². The first-order valence-electron chi connectivity index (χ1n) is 9.77. The van der Waals surface area contributed by atoms with Crippen LogP contribution in [0.15, 0.2) is 66.7 Å². The van der Waals surface area contributed by atoms with E-state index in [1.54, 1.807) is 6.07 Å². The van der Waals surface area contributed by atoms with Gasteiger partial charge in [0.25, 0.3) is 0 Å². The number of carbonyl (C=O) groups excluding carboxylic acids is 1. The second-order valence-electron chi connectivity index (χ2n) is 6.82. The van der Waals surface area contributed by atoms with Crippen molar-refractivity contribution in [2.75, 3.05) is 23.7 Å². The molecule has 0 saturated carbocycles. The molecule has 3 N–H and O–H groups in total. The van der Waals surface area contributed by atoms with Crippen LogP contribution in [0.1, 0.15) is 0 Å². The third-order valence-corrected chi connectivity index (χ3v) is 4.93. The first kappa shape index (κ1) is 21.5. The number of hydrogen-bond acceptors (Lipinski definition) is 4. The number of nitrogens with zero attached hydrogens (tertiary/aromatic N) is 2. The maximum absolute atomic E-state index is 13.7. The van der Waals surface area contributed by atoms with E-state index in [1.165, 1.54) is 0 Å². The van der Waals surface area contributed by atoms with Crippen LogP contribution >= 0.6 is 11.6 Å². The van der Waals surface area contributed by atoms with E-state index in [0.29, 0.717) is 34.8 Å². The van der Waals surface area contributed by atoms with Crippen molar-refractivity contribution >= 4 is 40.0 Å². The van der Waals surface area contributed by atoms with Crippen LogP contribution in [0.5, 0.6) is 0 Å². The molecule has 162 valence electrons. The lowest BCUT2D eigenvalue weighted by Gasteiger charge is -2.12. The number of anilines is 2. The summed E-state index contributed by atoms with van der Waals surface area (Å²) in [6.07, 6.45) is 0. The fourth-order valence-corrected chi connectivity index (χ4v) is 3.31. The summed E-state index contributed by atoms with van der Waals surface area (Å²) < 4.78 is 26.6. The first-order chi connectivity index (χ1) is 15.5. The number of para-hydroxylation sites is 1. The zero-order valence-corrected chi connectivity index (χ0v) is 17.5. The Balaban J connectivity index is 1.44. The van der Waals surface area contributed by atoms with Gasteiger partial charge in [0.2, 0.25) is 0 Å². The van der Waals surface area contributed by atoms with E-state index in [-0.39, 0.29) is 12.2 Å². The van der Waals surface area contributed by atoms with Crippen LogP contribution in [0.2, 0.25) is 5.02 Å². The number of nitrogens with one attached hydrogen (secondary N) is 3. The highest BCUT2D eigenvalue weighted by atomic mass is 35.5. The van der Waals surface area contributed by atoms with Gasteiger partial charge in [-0.25, -0.2) is 23.5 Å². The topological polar surface area (TPSA) is 78.9 Å². The monoisotopic (exact) mass is 453 g/mol. The maximum atomic E-state index is 13.7. The highest BCUT2D eigenvalue weighted by Crippen LogP contribution is 2.29. The fourth-order valence-electron chi connectivity index (χ4n) is 3.09. The number of urea groups is 1. The smallest absolute Gasteiger partial charge is 0.319 e. The average molecular weight is 454 g/mol. The van der Waals surface area contributed by atoms with Gasteiger partial charge in [0.05, 0.1) is 16.2 Å². The van der Waals surface area contributed by atoms with Crippen LogP contribution in [0.3, 0.4) is 0 Å². The summed E-state index contributed by atoms with van der Waals surface area (Å²) in [5.74, 6) is -0.490. The fraction of sp³-hybridized carbons (Fsp3) is 0.0870. The van der Waals surface area contributed by atoms with Crippen molar-refractivity contribution in [3.63, 3.8) is 0 Å². The van der Waals surface area contributed by atoms with Gasteiger partial charge in [-0.2, -0.15) is 0 Å². The molecule has 0 atom stereocenters. The van der Waals surface area contributed by atoms with E-state index in [1.807, 2.05) is 42.5 Å². The molecule has 6 nitrogen and oxygen atoms in total. The Morgan fingerprint density at radius 2 is 1.72 bits per heavy atom. The molecule has 0 fully saturated rings. The Bertz CT molecular complexity index is 1280. The summed E-state index contributed by atoms with van der Waals surface area (Å²) in [5.41, 5.74) is 1.35. The predicted molar refractivity (Wildman–Crippen MR) is 122 cm³/mol. The summed E-state index contributed by atoms with van der Waals surface area (Å²) in [6, 6.07) is 17.2. The highest BCUT2D eigenvalue weighted by Gasteiger charge is 2.12. The molecule has 0 bridgehead atoms. The molecule has 4 rings (SSSR count). The Labute approximate surface area is 187 Å². The minimum atomic E-state index is -0.849. The van der Waals surface area contributed by atoms with E-state index in [4.69, 9.17) is 11.6 Å². The van der Waals surface area contributed by atoms with Crippen molar-refractivity contribution in [3.8, 4) is 11.4 Å². The van der Waals surface area contributed by atoms with Gasteiger partial charge in [-0.1, -0.05) is 35.9 Å². The molecule has 3 aromatic carbocycles. The van der Waals surface area contributed by atoms with Crippen LogP contribution in [0.25, 0.3) is 22.3 Å². The summed E-state index contributed by atoms with van der Waals surface area (Å²) in [7, 11) is 0. The summed E-state index contributed by atoms with van der Waals surface area (Å²) in [4.78, 5) is 21.2. The molecule has 0 radical (unpaired) electrons. The molecule has 1 aromatic heterocycles. The lowest BCUT2D eigenvalue weighted by atomic mass is 10.2. The van der Waals surface area contributed by atoms with E-state index < -0.39 is 17.7 Å². The lowest BCUT2D eigenvalue weighted by Crippen LogP contribution is -2.33. The van der Waals surface area contributed by atoms with Crippen LogP contribution in [0.4, 0.5) is 25.1 Å². The first-order valence-corrected chi connectivity index (χ1v) is 10.1. The highest BCUT2D eigenvalue weighted by molar-refractivity contribution is 6.33. The van der Waals surface area contributed by atoms with Crippen molar-refractivity contribution in [1.82, 2.24) is 15.3 Å². The molecule has 0 spiro atoms. The van der Waals surface area contributed by atoms with Crippen LogP contribution in [0, 0.1) is 11.6 Å². The van der Waals surface area contributed by atoms with Crippen molar-refractivity contribution in [2.45, 2.75) is 0 Å². The Morgan fingerprint density at radius 1 is 0.938 bits per heavy atom. The molecule has 0 unspecified atom stereocenters. The summed E-state index contributed by atoms with van der Waals surface area (Å²) in [5, 5.41) is 9.51. The number of benzene rings is 3. The number of rotatable bonds is 6. The second kappa shape index (κ2) is 9.57. The zero-order valence-electron chi connectivity index (χ0n) is 16.7. The normalized spacial score (nSPS) is 10.7. The predicted octanol–water partition coefficient (Wildman–Crippen LogP) is 5.46. The van der Waals surface area contributed by atoms with Crippen molar-refractivity contribution in [2.24, 2.45) is 0 Å². The molecule has 0 aliphatic rings. The zero-order chi connectivity index (χ0) is 22.5. The maximum Gasteiger partial charge on any atom is 0.319 e. The van der Waals surface area contributed by atoms with E-state index >= 15 is 0 Å². The van der Waals surface area contributed by atoms with Gasteiger partial charge in [-0.15, -0.1) is 0 Å². The minimum absolute atomic E-state index is 0.108. The molecule has 9 heteroatoms. The SMILES string of the molecule is O=C(NCCNc1nc(-c2ccccc2Cl)nc2ccccc12)Nc1ccc(F)cc1F. The molecular weight excluding hydrogens is 436 g/mol. The van der Waals surface area contributed by atoms with Crippen molar-refractivity contribution in [1.29, 1.82) is 0 Å². The largest absolute Gasteiger partial charge is 0.368 e. The number of fused-ring (bicyclic) bond motifs is 1. The Kier molecular flexibility index (Phi) is 6.42. The van der Waals surface area contributed by atoms with E-state index in [0.717, 1.165) is 23.0 Å². The molecular formula is C23H18ClF2N5O. The number of amides is 2. The molecule has 2 amide bonds. The minimum Gasteiger partial charge on any atom is -0.368 e. The van der Waals surface area contributed by atoms with Gasteiger partial charge in [0, 0.05) is 30.1 Å². The quantitative estimate of drug-likeness (QED) is 0.339. The van der Waals surface area contributed by atoms with E-state index in [9.17, 15) is 13.6 Å². The summed E-state index contributed by atoms with van der Waals surface area (Å²) >= 11 is 6.31. The number of aromatic nitrogens is 2. The number of halogens is 3. The molecule has 0 saturated heterocycles. The molecule has 0 aliphatic heterocycles. The molecule has 4 aromatic rings. The molecule has 32 heavy (non-hydrogen) atoms. The Hall–Kier alpha value is -3.78. The standard InChI is InChI=1S/C23H18ClF2N5O/c24-17-7-3-1-5-15(17)22-29-19-8-4-2-6-16(19)21(31-22)27-11-12-28-23(32)30-20-10-9-14(25)13-18(20)26/h1-10,13H,11-12H2,(H,27,29,31)(H2,28,30,32). The molecule has 0 aliphatic carbocycles. The summed E-state index contributed by atoms with van der Waals surface area (Å²) in [6.45, 7) is 0.580. The number of carbonyl (C=O) groups is 1. The van der Waals surface area contributed by atoms with Gasteiger partial charge in [0.1, 0.15) is 17.5 Å². The Morgan fingerprint density at radius 3 is 2.53 bits per heavy atom. The number of hydrogen-bond donors (Lipinski definition) is 3. The van der Waals surface area contributed by atoms with Crippen molar-refractivity contribution < 1.29 is 13.6 Å². The van der Waals surface area contributed by atoms with Crippen LogP contribution in [-0.4, -0.2) is 29.1 Å². The van der Waals surface area contributed by atoms with Crippen molar-refractivity contribution in [3.05, 3.63) is 83.4 Å². The van der Waals surface area contributed by atoms with Gasteiger partial charge >= 0.3 is 6.03 Å². The van der Waals surface area contributed by atoms with Crippen LogP contribution in [-0.2, 0) is 0 Å².